The zero-order valence-corrected chi connectivity index (χ0v) is 9.35. The highest BCUT2D eigenvalue weighted by atomic mass is 16.5. The lowest BCUT2D eigenvalue weighted by Gasteiger charge is -2.29. The average Bonchev–Trinajstić information content (AvgIpc) is 2.33. The molecule has 2 rings (SSSR count). The Morgan fingerprint density at radius 1 is 1.50 bits per heavy atom. The summed E-state index contributed by atoms with van der Waals surface area (Å²) >= 11 is 0. The summed E-state index contributed by atoms with van der Waals surface area (Å²) in [7, 11) is 0. The molecule has 5 heteroatoms. The van der Waals surface area contributed by atoms with Crippen LogP contribution in [-0.2, 0) is 16.0 Å². The van der Waals surface area contributed by atoms with Crippen LogP contribution in [0.25, 0.3) is 0 Å². The van der Waals surface area contributed by atoms with Crippen LogP contribution < -0.4 is 4.90 Å². The van der Waals surface area contributed by atoms with Crippen molar-refractivity contribution < 1.29 is 9.53 Å². The predicted octanol–water partition coefficient (Wildman–Crippen LogP) is 0.363. The van der Waals surface area contributed by atoms with E-state index < -0.39 is 0 Å². The number of morpholine rings is 1. The third kappa shape index (κ3) is 2.36. The second-order valence-corrected chi connectivity index (χ2v) is 3.74. The predicted molar refractivity (Wildman–Crippen MR) is 59.6 cm³/mol. The molecule has 0 saturated carbocycles. The first-order valence-corrected chi connectivity index (χ1v) is 5.40. The molecule has 16 heavy (non-hydrogen) atoms. The minimum atomic E-state index is 0.368. The number of aldehydes is 1. The largest absolute Gasteiger partial charge is 0.378 e. The molecule has 1 saturated heterocycles. The monoisotopic (exact) mass is 221 g/mol. The minimum Gasteiger partial charge on any atom is -0.378 e. The molecular formula is C11H15N3O2. The minimum absolute atomic E-state index is 0.368. The first-order chi connectivity index (χ1) is 7.81. The van der Waals surface area contributed by atoms with Gasteiger partial charge in [0.05, 0.1) is 13.2 Å². The van der Waals surface area contributed by atoms with Gasteiger partial charge in [-0.05, 0) is 6.92 Å². The van der Waals surface area contributed by atoms with Gasteiger partial charge in [-0.25, -0.2) is 9.97 Å². The highest BCUT2D eigenvalue weighted by Crippen LogP contribution is 2.18. The van der Waals surface area contributed by atoms with Gasteiger partial charge < -0.3 is 14.4 Å². The molecule has 5 nitrogen and oxygen atoms in total. The number of aromatic nitrogens is 2. The first-order valence-electron chi connectivity index (χ1n) is 5.40. The van der Waals surface area contributed by atoms with Gasteiger partial charge in [0.25, 0.3) is 0 Å². The SMILES string of the molecule is Cc1ncc(CC=O)c(N2CCOCC2)n1. The lowest BCUT2D eigenvalue weighted by Crippen LogP contribution is -2.37. The maximum Gasteiger partial charge on any atom is 0.136 e. The molecule has 86 valence electrons. The summed E-state index contributed by atoms with van der Waals surface area (Å²) in [5.41, 5.74) is 0.891. The Kier molecular flexibility index (Phi) is 3.46. The van der Waals surface area contributed by atoms with E-state index in [1.165, 1.54) is 0 Å². The number of aryl methyl sites for hydroxylation is 1. The Morgan fingerprint density at radius 2 is 2.25 bits per heavy atom. The van der Waals surface area contributed by atoms with E-state index in [9.17, 15) is 4.79 Å². The van der Waals surface area contributed by atoms with Crippen molar-refractivity contribution in [2.24, 2.45) is 0 Å². The summed E-state index contributed by atoms with van der Waals surface area (Å²) in [6, 6.07) is 0. The third-order valence-corrected chi connectivity index (χ3v) is 2.58. The molecule has 1 aliphatic rings. The number of hydrogen-bond acceptors (Lipinski definition) is 5. The number of carbonyl (C=O) groups is 1. The van der Waals surface area contributed by atoms with E-state index in [-0.39, 0.29) is 0 Å². The van der Waals surface area contributed by atoms with Crippen LogP contribution in [0.1, 0.15) is 11.4 Å². The molecule has 1 fully saturated rings. The molecule has 0 aromatic carbocycles. The van der Waals surface area contributed by atoms with Gasteiger partial charge in [-0.3, -0.25) is 0 Å². The molecule has 0 spiro atoms. The Balaban J connectivity index is 2.27. The van der Waals surface area contributed by atoms with E-state index in [2.05, 4.69) is 14.9 Å². The van der Waals surface area contributed by atoms with Crippen LogP contribution in [0.3, 0.4) is 0 Å². The van der Waals surface area contributed by atoms with Crippen molar-refractivity contribution in [2.75, 3.05) is 31.2 Å². The van der Waals surface area contributed by atoms with Crippen molar-refractivity contribution in [1.29, 1.82) is 0 Å². The lowest BCUT2D eigenvalue weighted by molar-refractivity contribution is -0.107. The summed E-state index contributed by atoms with van der Waals surface area (Å²) in [5, 5.41) is 0. The smallest absolute Gasteiger partial charge is 0.136 e. The zero-order valence-electron chi connectivity index (χ0n) is 9.35. The van der Waals surface area contributed by atoms with Crippen LogP contribution in [-0.4, -0.2) is 42.6 Å². The van der Waals surface area contributed by atoms with Gasteiger partial charge in [0, 0.05) is 31.3 Å². The fourth-order valence-electron chi connectivity index (χ4n) is 1.77. The molecule has 0 atom stereocenters. The first kappa shape index (κ1) is 11.0. The summed E-state index contributed by atoms with van der Waals surface area (Å²) in [5.74, 6) is 1.61. The highest BCUT2D eigenvalue weighted by Gasteiger charge is 2.16. The zero-order chi connectivity index (χ0) is 11.4. The number of rotatable bonds is 3. The molecule has 1 aromatic heterocycles. The van der Waals surface area contributed by atoms with E-state index in [0.29, 0.717) is 19.6 Å². The van der Waals surface area contributed by atoms with Gasteiger partial charge in [0.2, 0.25) is 0 Å². The normalized spacial score (nSPS) is 16.2. The third-order valence-electron chi connectivity index (χ3n) is 2.58. The van der Waals surface area contributed by atoms with E-state index in [0.717, 1.165) is 36.6 Å². The Hall–Kier alpha value is -1.49. The molecule has 1 aromatic rings. The van der Waals surface area contributed by atoms with Gasteiger partial charge >= 0.3 is 0 Å². The average molecular weight is 221 g/mol. The molecule has 0 amide bonds. The molecule has 1 aliphatic heterocycles. The van der Waals surface area contributed by atoms with Crippen molar-refractivity contribution in [2.45, 2.75) is 13.3 Å². The fraction of sp³-hybridized carbons (Fsp3) is 0.545. The van der Waals surface area contributed by atoms with Crippen LogP contribution >= 0.6 is 0 Å². The van der Waals surface area contributed by atoms with Crippen molar-refractivity contribution in [3.8, 4) is 0 Å². The molecule has 0 radical (unpaired) electrons. The summed E-state index contributed by atoms with van der Waals surface area (Å²) in [4.78, 5) is 21.3. The lowest BCUT2D eigenvalue weighted by atomic mass is 10.2. The number of carbonyl (C=O) groups excluding carboxylic acids is 1. The maximum absolute atomic E-state index is 10.6. The number of hydrogen-bond donors (Lipinski definition) is 0. The van der Waals surface area contributed by atoms with E-state index in [1.807, 2.05) is 6.92 Å². The molecule has 0 aliphatic carbocycles. The molecule has 0 bridgehead atoms. The number of anilines is 1. The number of ether oxygens (including phenoxy) is 1. The van der Waals surface area contributed by atoms with E-state index in [4.69, 9.17) is 4.74 Å². The van der Waals surface area contributed by atoms with E-state index in [1.54, 1.807) is 6.20 Å². The second kappa shape index (κ2) is 5.03. The van der Waals surface area contributed by atoms with Crippen LogP contribution in [0.15, 0.2) is 6.20 Å². The van der Waals surface area contributed by atoms with Crippen molar-refractivity contribution in [3.63, 3.8) is 0 Å². The van der Waals surface area contributed by atoms with Crippen LogP contribution in [0, 0.1) is 6.92 Å². The second-order valence-electron chi connectivity index (χ2n) is 3.74. The van der Waals surface area contributed by atoms with Crippen molar-refractivity contribution in [3.05, 3.63) is 17.6 Å². The Morgan fingerprint density at radius 3 is 2.94 bits per heavy atom. The van der Waals surface area contributed by atoms with Gasteiger partial charge in [-0.2, -0.15) is 0 Å². The van der Waals surface area contributed by atoms with E-state index >= 15 is 0 Å². The Labute approximate surface area is 94.5 Å². The molecular weight excluding hydrogens is 206 g/mol. The standard InChI is InChI=1S/C11H15N3O2/c1-9-12-8-10(2-5-15)11(13-9)14-3-6-16-7-4-14/h5,8H,2-4,6-7H2,1H3. The summed E-state index contributed by atoms with van der Waals surface area (Å²) in [6.45, 7) is 4.92. The van der Waals surface area contributed by atoms with Crippen LogP contribution in [0.4, 0.5) is 5.82 Å². The fourth-order valence-corrected chi connectivity index (χ4v) is 1.77. The van der Waals surface area contributed by atoms with Crippen LogP contribution in [0.5, 0.6) is 0 Å². The topological polar surface area (TPSA) is 55.3 Å². The Bertz CT molecular complexity index is 375. The quantitative estimate of drug-likeness (QED) is 0.690. The van der Waals surface area contributed by atoms with Gasteiger partial charge in [-0.1, -0.05) is 0 Å². The van der Waals surface area contributed by atoms with Crippen molar-refractivity contribution >= 4 is 12.1 Å². The van der Waals surface area contributed by atoms with Crippen molar-refractivity contribution in [1.82, 2.24) is 9.97 Å². The molecule has 0 unspecified atom stereocenters. The van der Waals surface area contributed by atoms with Gasteiger partial charge in [0.15, 0.2) is 0 Å². The maximum atomic E-state index is 10.6. The molecule has 2 heterocycles. The summed E-state index contributed by atoms with van der Waals surface area (Å²) in [6.07, 6.45) is 2.99. The molecule has 0 N–H and O–H groups in total. The summed E-state index contributed by atoms with van der Waals surface area (Å²) < 4.78 is 5.30. The highest BCUT2D eigenvalue weighted by molar-refractivity contribution is 5.60. The van der Waals surface area contributed by atoms with Crippen LogP contribution in [0.2, 0.25) is 0 Å². The van der Waals surface area contributed by atoms with Gasteiger partial charge in [0.1, 0.15) is 17.9 Å². The van der Waals surface area contributed by atoms with Gasteiger partial charge in [-0.15, -0.1) is 0 Å². The number of nitrogens with zero attached hydrogens (tertiary/aromatic N) is 3.